The molecule has 0 spiro atoms. The highest BCUT2D eigenvalue weighted by Gasteiger charge is 2.37. The summed E-state index contributed by atoms with van der Waals surface area (Å²) in [5.74, 6) is -3.70. The SMILES string of the molecule is CC(C)(C)OC(=O)[C@H](C(=O)O)C(N)c1ccc(O)cc1. The van der Waals surface area contributed by atoms with Crippen molar-refractivity contribution in [3.63, 3.8) is 0 Å². The van der Waals surface area contributed by atoms with Gasteiger partial charge in [0, 0.05) is 0 Å². The maximum Gasteiger partial charge on any atom is 0.322 e. The van der Waals surface area contributed by atoms with Crippen molar-refractivity contribution in [1.29, 1.82) is 0 Å². The molecular weight excluding hydrogens is 262 g/mol. The standard InChI is InChI=1S/C14H19NO5/c1-14(2,3)20-13(19)10(12(17)18)11(15)8-4-6-9(16)7-5-8/h4-7,10-11,16H,15H2,1-3H3,(H,17,18)/t10-,11?/m0/s1. The molecule has 0 fully saturated rings. The van der Waals surface area contributed by atoms with Gasteiger partial charge in [-0.2, -0.15) is 0 Å². The van der Waals surface area contributed by atoms with E-state index in [1.54, 1.807) is 20.8 Å². The van der Waals surface area contributed by atoms with Gasteiger partial charge in [0.25, 0.3) is 0 Å². The average molecular weight is 281 g/mol. The third kappa shape index (κ3) is 4.24. The van der Waals surface area contributed by atoms with E-state index >= 15 is 0 Å². The lowest BCUT2D eigenvalue weighted by Gasteiger charge is -2.25. The van der Waals surface area contributed by atoms with Gasteiger partial charge in [-0.1, -0.05) is 12.1 Å². The van der Waals surface area contributed by atoms with E-state index in [2.05, 4.69) is 0 Å². The number of phenols is 1. The summed E-state index contributed by atoms with van der Waals surface area (Å²) in [6.45, 7) is 4.95. The third-order valence-electron chi connectivity index (χ3n) is 2.56. The van der Waals surface area contributed by atoms with E-state index in [9.17, 15) is 19.8 Å². The quantitative estimate of drug-likeness (QED) is 0.569. The summed E-state index contributed by atoms with van der Waals surface area (Å²) in [6.07, 6.45) is 0. The van der Waals surface area contributed by atoms with E-state index in [0.29, 0.717) is 5.56 Å². The largest absolute Gasteiger partial charge is 0.508 e. The first-order valence-corrected chi connectivity index (χ1v) is 6.12. The van der Waals surface area contributed by atoms with E-state index in [1.165, 1.54) is 24.3 Å². The van der Waals surface area contributed by atoms with Crippen LogP contribution in [0.1, 0.15) is 32.4 Å². The minimum atomic E-state index is -1.50. The fraction of sp³-hybridized carbons (Fsp3) is 0.429. The number of aliphatic carboxylic acids is 1. The predicted molar refractivity (Wildman–Crippen MR) is 72.0 cm³/mol. The van der Waals surface area contributed by atoms with Gasteiger partial charge in [-0.05, 0) is 38.5 Å². The highest BCUT2D eigenvalue weighted by Crippen LogP contribution is 2.24. The normalized spacial score (nSPS) is 14.4. The van der Waals surface area contributed by atoms with Crippen molar-refractivity contribution < 1.29 is 24.5 Å². The number of hydrogen-bond donors (Lipinski definition) is 3. The highest BCUT2D eigenvalue weighted by atomic mass is 16.6. The van der Waals surface area contributed by atoms with E-state index < -0.39 is 29.5 Å². The van der Waals surface area contributed by atoms with Crippen LogP contribution >= 0.6 is 0 Å². The second-order valence-corrected chi connectivity index (χ2v) is 5.47. The predicted octanol–water partition coefficient (Wildman–Crippen LogP) is 1.43. The number of hydrogen-bond acceptors (Lipinski definition) is 5. The number of ether oxygens (including phenoxy) is 1. The zero-order chi connectivity index (χ0) is 15.5. The van der Waals surface area contributed by atoms with Crippen molar-refractivity contribution in [2.24, 2.45) is 11.7 Å². The second-order valence-electron chi connectivity index (χ2n) is 5.47. The number of carboxylic acids is 1. The van der Waals surface area contributed by atoms with Gasteiger partial charge in [0.05, 0.1) is 6.04 Å². The molecule has 20 heavy (non-hydrogen) atoms. The summed E-state index contributed by atoms with van der Waals surface area (Å²) < 4.78 is 5.08. The molecule has 0 aromatic heterocycles. The lowest BCUT2D eigenvalue weighted by molar-refractivity contribution is -0.167. The molecule has 0 saturated carbocycles. The molecule has 0 aliphatic carbocycles. The Kier molecular flexibility index (Phi) is 4.73. The van der Waals surface area contributed by atoms with E-state index in [-0.39, 0.29) is 5.75 Å². The summed E-state index contributed by atoms with van der Waals surface area (Å²) in [5, 5.41) is 18.4. The van der Waals surface area contributed by atoms with Crippen LogP contribution in [0.5, 0.6) is 5.75 Å². The lowest BCUT2D eigenvalue weighted by Crippen LogP contribution is -2.39. The summed E-state index contributed by atoms with van der Waals surface area (Å²) in [4.78, 5) is 23.2. The maximum absolute atomic E-state index is 11.9. The van der Waals surface area contributed by atoms with Crippen molar-refractivity contribution in [2.45, 2.75) is 32.4 Å². The molecule has 6 heteroatoms. The fourth-order valence-electron chi connectivity index (χ4n) is 1.66. The van der Waals surface area contributed by atoms with Gasteiger partial charge in [0.15, 0.2) is 5.92 Å². The second kappa shape index (κ2) is 5.92. The molecule has 0 bridgehead atoms. The molecule has 2 atom stereocenters. The smallest absolute Gasteiger partial charge is 0.322 e. The molecule has 0 amide bonds. The number of benzene rings is 1. The lowest BCUT2D eigenvalue weighted by atomic mass is 9.93. The van der Waals surface area contributed by atoms with Crippen molar-refractivity contribution >= 4 is 11.9 Å². The van der Waals surface area contributed by atoms with Gasteiger partial charge in [0.1, 0.15) is 11.4 Å². The number of carboxylic acid groups (broad SMARTS) is 1. The number of esters is 1. The Morgan fingerprint density at radius 2 is 1.70 bits per heavy atom. The van der Waals surface area contributed by atoms with E-state index in [1.807, 2.05) is 0 Å². The molecule has 0 heterocycles. The molecule has 0 radical (unpaired) electrons. The summed E-state index contributed by atoms with van der Waals surface area (Å²) >= 11 is 0. The summed E-state index contributed by atoms with van der Waals surface area (Å²) in [6, 6.07) is 4.65. The van der Waals surface area contributed by atoms with Crippen LogP contribution < -0.4 is 5.73 Å². The number of carbonyl (C=O) groups excluding carboxylic acids is 1. The van der Waals surface area contributed by atoms with Crippen LogP contribution in [0.2, 0.25) is 0 Å². The Morgan fingerprint density at radius 1 is 1.20 bits per heavy atom. The Morgan fingerprint density at radius 3 is 2.10 bits per heavy atom. The van der Waals surface area contributed by atoms with Crippen LogP contribution in [0.15, 0.2) is 24.3 Å². The maximum atomic E-state index is 11.9. The van der Waals surface area contributed by atoms with E-state index in [0.717, 1.165) is 0 Å². The zero-order valence-electron chi connectivity index (χ0n) is 11.7. The number of nitrogens with two attached hydrogens (primary N) is 1. The number of aromatic hydroxyl groups is 1. The highest BCUT2D eigenvalue weighted by molar-refractivity contribution is 5.95. The van der Waals surface area contributed by atoms with Gasteiger partial charge in [-0.15, -0.1) is 0 Å². The average Bonchev–Trinajstić information content (AvgIpc) is 2.26. The summed E-state index contributed by atoms with van der Waals surface area (Å²) in [7, 11) is 0. The van der Waals surface area contributed by atoms with Crippen LogP contribution in [0.3, 0.4) is 0 Å². The number of carbonyl (C=O) groups is 2. The van der Waals surface area contributed by atoms with Crippen molar-refractivity contribution in [2.75, 3.05) is 0 Å². The van der Waals surface area contributed by atoms with Crippen LogP contribution in [-0.4, -0.2) is 27.8 Å². The first-order valence-electron chi connectivity index (χ1n) is 6.12. The van der Waals surface area contributed by atoms with Crippen LogP contribution in [0.25, 0.3) is 0 Å². The molecule has 4 N–H and O–H groups in total. The van der Waals surface area contributed by atoms with Gasteiger partial charge in [0.2, 0.25) is 0 Å². The van der Waals surface area contributed by atoms with Gasteiger partial charge >= 0.3 is 11.9 Å². The molecule has 110 valence electrons. The van der Waals surface area contributed by atoms with Crippen LogP contribution in [-0.2, 0) is 14.3 Å². The van der Waals surface area contributed by atoms with Crippen molar-refractivity contribution in [3.8, 4) is 5.75 Å². The Balaban J connectivity index is 2.99. The molecular formula is C14H19NO5. The Hall–Kier alpha value is -2.08. The van der Waals surface area contributed by atoms with Crippen LogP contribution in [0.4, 0.5) is 0 Å². The first kappa shape index (κ1) is 16.0. The minimum absolute atomic E-state index is 0.0325. The topological polar surface area (TPSA) is 110 Å². The molecule has 0 aliphatic heterocycles. The van der Waals surface area contributed by atoms with Gasteiger partial charge in [-0.25, -0.2) is 0 Å². The fourth-order valence-corrected chi connectivity index (χ4v) is 1.66. The first-order chi connectivity index (χ1) is 9.11. The zero-order valence-corrected chi connectivity index (χ0v) is 11.7. The van der Waals surface area contributed by atoms with Crippen molar-refractivity contribution in [1.82, 2.24) is 0 Å². The molecule has 0 saturated heterocycles. The third-order valence-corrected chi connectivity index (χ3v) is 2.56. The number of rotatable bonds is 4. The molecule has 0 aliphatic rings. The molecule has 1 aromatic rings. The van der Waals surface area contributed by atoms with E-state index in [4.69, 9.17) is 10.5 Å². The molecule has 1 unspecified atom stereocenters. The molecule has 1 rings (SSSR count). The number of phenolic OH excluding ortho intramolecular Hbond substituents is 1. The van der Waals surface area contributed by atoms with Crippen LogP contribution in [0, 0.1) is 5.92 Å². The summed E-state index contributed by atoms with van der Waals surface area (Å²) in [5.41, 5.74) is 5.49. The van der Waals surface area contributed by atoms with Gasteiger partial charge < -0.3 is 20.7 Å². The molecule has 6 nitrogen and oxygen atoms in total. The molecule has 1 aromatic carbocycles. The Labute approximate surface area is 117 Å². The Bertz CT molecular complexity index is 489. The minimum Gasteiger partial charge on any atom is -0.508 e. The van der Waals surface area contributed by atoms with Gasteiger partial charge in [-0.3, -0.25) is 9.59 Å². The van der Waals surface area contributed by atoms with Crippen molar-refractivity contribution in [3.05, 3.63) is 29.8 Å². The monoisotopic (exact) mass is 281 g/mol.